The average molecular weight is 379 g/mol. The van der Waals surface area contributed by atoms with Gasteiger partial charge in [-0.2, -0.15) is 5.10 Å². The number of nitrogens with zero attached hydrogens (tertiary/aromatic N) is 1. The first-order valence-electron chi connectivity index (χ1n) is 6.15. The molecule has 0 radical (unpaired) electrons. The molecule has 20 heavy (non-hydrogen) atoms. The van der Waals surface area contributed by atoms with Gasteiger partial charge in [-0.1, -0.05) is 0 Å². The van der Waals surface area contributed by atoms with Crippen molar-refractivity contribution in [2.45, 2.75) is 19.8 Å². The van der Waals surface area contributed by atoms with Crippen LogP contribution in [-0.2, 0) is 14.6 Å². The minimum Gasteiger partial charge on any atom is -0.273 e. The molecule has 1 atom stereocenters. The lowest BCUT2D eigenvalue weighted by molar-refractivity contribution is -0.121. The number of amides is 1. The number of hydrazone groups is 1. The van der Waals surface area contributed by atoms with Crippen LogP contribution in [0, 0.1) is 5.92 Å². The van der Waals surface area contributed by atoms with Crippen LogP contribution in [0.15, 0.2) is 21.0 Å². The third kappa shape index (κ3) is 4.39. The van der Waals surface area contributed by atoms with E-state index in [1.54, 1.807) is 0 Å². The van der Waals surface area contributed by atoms with Gasteiger partial charge in [0.15, 0.2) is 9.84 Å². The van der Waals surface area contributed by atoms with Gasteiger partial charge in [-0.25, -0.2) is 13.8 Å². The first-order valence-corrected chi connectivity index (χ1v) is 9.58. The Kier molecular flexibility index (Phi) is 4.98. The zero-order valence-electron chi connectivity index (χ0n) is 10.9. The first kappa shape index (κ1) is 15.7. The molecular weight excluding hydrogens is 364 g/mol. The van der Waals surface area contributed by atoms with Crippen molar-refractivity contribution in [1.29, 1.82) is 0 Å². The molecule has 0 aliphatic carbocycles. The molecule has 0 unspecified atom stereocenters. The van der Waals surface area contributed by atoms with Crippen molar-refractivity contribution >= 4 is 48.7 Å². The minimum atomic E-state index is -2.93. The highest BCUT2D eigenvalue weighted by molar-refractivity contribution is 9.11. The van der Waals surface area contributed by atoms with Crippen LogP contribution in [0.4, 0.5) is 0 Å². The third-order valence-corrected chi connectivity index (χ3v) is 6.65. The van der Waals surface area contributed by atoms with Gasteiger partial charge in [0.05, 0.1) is 25.9 Å². The smallest absolute Gasteiger partial charge is 0.240 e. The second-order valence-corrected chi connectivity index (χ2v) is 9.50. The number of rotatable bonds is 4. The fourth-order valence-electron chi connectivity index (χ4n) is 2.05. The van der Waals surface area contributed by atoms with Crippen molar-refractivity contribution in [3.63, 3.8) is 0 Å². The third-order valence-electron chi connectivity index (χ3n) is 3.08. The number of carbonyl (C=O) groups excluding carboxylic acids is 1. The quantitative estimate of drug-likeness (QED) is 0.644. The second kappa shape index (κ2) is 6.36. The molecule has 1 fully saturated rings. The largest absolute Gasteiger partial charge is 0.273 e. The van der Waals surface area contributed by atoms with Gasteiger partial charge in [-0.05, 0) is 47.3 Å². The molecule has 1 aromatic rings. The number of hydrogen-bond donors (Lipinski definition) is 1. The molecule has 1 aliphatic heterocycles. The van der Waals surface area contributed by atoms with E-state index in [9.17, 15) is 13.2 Å². The Morgan fingerprint density at radius 1 is 1.55 bits per heavy atom. The predicted molar refractivity (Wildman–Crippen MR) is 83.8 cm³/mol. The van der Waals surface area contributed by atoms with Crippen LogP contribution >= 0.6 is 27.3 Å². The molecule has 0 saturated carbocycles. The number of carbonyl (C=O) groups is 1. The zero-order valence-corrected chi connectivity index (χ0v) is 14.1. The normalized spacial score (nSPS) is 21.9. The summed E-state index contributed by atoms with van der Waals surface area (Å²) in [7, 11) is -2.93. The summed E-state index contributed by atoms with van der Waals surface area (Å²) in [5.41, 5.74) is 3.22. The Labute approximate surface area is 130 Å². The Balaban J connectivity index is 1.86. The standard InChI is InChI=1S/C12H15BrN2O3S2/c1-8(10-2-3-11(13)19-10)14-15-12(16)6-9-4-5-20(17,18)7-9/h2-3,9H,4-7H2,1H3,(H,15,16)/b14-8-/t9-/m0/s1. The van der Waals surface area contributed by atoms with Crippen LogP contribution in [0.2, 0.25) is 0 Å². The van der Waals surface area contributed by atoms with Crippen LogP contribution in [0.25, 0.3) is 0 Å². The highest BCUT2D eigenvalue weighted by Crippen LogP contribution is 2.23. The van der Waals surface area contributed by atoms with E-state index in [-0.39, 0.29) is 29.8 Å². The fraction of sp³-hybridized carbons (Fsp3) is 0.500. The van der Waals surface area contributed by atoms with E-state index < -0.39 is 9.84 Å². The maximum Gasteiger partial charge on any atom is 0.240 e. The van der Waals surface area contributed by atoms with Crippen molar-refractivity contribution in [1.82, 2.24) is 5.43 Å². The molecule has 8 heteroatoms. The van der Waals surface area contributed by atoms with Crippen LogP contribution in [0.3, 0.4) is 0 Å². The van der Waals surface area contributed by atoms with Gasteiger partial charge in [0.25, 0.3) is 0 Å². The molecule has 110 valence electrons. The number of thiophene rings is 1. The molecule has 5 nitrogen and oxygen atoms in total. The highest BCUT2D eigenvalue weighted by Gasteiger charge is 2.29. The molecule has 1 saturated heterocycles. The lowest BCUT2D eigenvalue weighted by atomic mass is 10.1. The molecule has 0 bridgehead atoms. The summed E-state index contributed by atoms with van der Waals surface area (Å²) < 4.78 is 23.6. The van der Waals surface area contributed by atoms with Gasteiger partial charge in [-0.15, -0.1) is 11.3 Å². The van der Waals surface area contributed by atoms with E-state index >= 15 is 0 Å². The van der Waals surface area contributed by atoms with Gasteiger partial charge in [0, 0.05) is 6.42 Å². The Bertz CT molecular complexity index is 637. The molecule has 1 amide bonds. The van der Waals surface area contributed by atoms with Crippen molar-refractivity contribution in [3.8, 4) is 0 Å². The van der Waals surface area contributed by atoms with Crippen molar-refractivity contribution in [2.24, 2.45) is 11.0 Å². The lowest BCUT2D eigenvalue weighted by Gasteiger charge is -2.06. The summed E-state index contributed by atoms with van der Waals surface area (Å²) in [5, 5.41) is 4.04. The summed E-state index contributed by atoms with van der Waals surface area (Å²) in [6.07, 6.45) is 0.778. The molecular formula is C12H15BrN2O3S2. The van der Waals surface area contributed by atoms with Gasteiger partial charge >= 0.3 is 0 Å². The molecule has 1 N–H and O–H groups in total. The van der Waals surface area contributed by atoms with Gasteiger partial charge < -0.3 is 0 Å². The topological polar surface area (TPSA) is 75.6 Å². The Hall–Kier alpha value is -0.730. The first-order chi connectivity index (χ1) is 9.35. The SMILES string of the molecule is C/C(=N/NC(=O)C[C@@H]1CCS(=O)(=O)C1)c1ccc(Br)s1. The number of sulfone groups is 1. The van der Waals surface area contributed by atoms with Crippen LogP contribution in [0.5, 0.6) is 0 Å². The molecule has 0 spiro atoms. The van der Waals surface area contributed by atoms with E-state index in [1.807, 2.05) is 19.1 Å². The maximum atomic E-state index is 11.7. The van der Waals surface area contributed by atoms with E-state index in [0.717, 1.165) is 14.4 Å². The summed E-state index contributed by atoms with van der Waals surface area (Å²) in [5.74, 6) is -0.00858. The van der Waals surface area contributed by atoms with E-state index in [0.29, 0.717) is 6.42 Å². The number of nitrogens with one attached hydrogen (secondary N) is 1. The van der Waals surface area contributed by atoms with E-state index in [1.165, 1.54) is 11.3 Å². The molecule has 2 rings (SSSR count). The van der Waals surface area contributed by atoms with E-state index in [4.69, 9.17) is 0 Å². The molecule has 0 aromatic carbocycles. The minimum absolute atomic E-state index is 0.0774. The van der Waals surface area contributed by atoms with Gasteiger partial charge in [0.2, 0.25) is 5.91 Å². The zero-order chi connectivity index (χ0) is 14.8. The molecule has 1 aliphatic rings. The molecule has 2 heterocycles. The fourth-order valence-corrected chi connectivity index (χ4v) is 5.24. The van der Waals surface area contributed by atoms with Crippen LogP contribution in [-0.4, -0.2) is 31.5 Å². The summed E-state index contributed by atoms with van der Waals surface area (Å²) in [6, 6.07) is 3.84. The Morgan fingerprint density at radius 3 is 2.85 bits per heavy atom. The maximum absolute atomic E-state index is 11.7. The van der Waals surface area contributed by atoms with Crippen molar-refractivity contribution < 1.29 is 13.2 Å². The highest BCUT2D eigenvalue weighted by atomic mass is 79.9. The second-order valence-electron chi connectivity index (χ2n) is 4.81. The summed E-state index contributed by atoms with van der Waals surface area (Å²) >= 11 is 4.90. The van der Waals surface area contributed by atoms with Crippen LogP contribution < -0.4 is 5.43 Å². The Morgan fingerprint density at radius 2 is 2.30 bits per heavy atom. The van der Waals surface area contributed by atoms with Crippen LogP contribution in [0.1, 0.15) is 24.6 Å². The van der Waals surface area contributed by atoms with Gasteiger partial charge in [-0.3, -0.25) is 4.79 Å². The van der Waals surface area contributed by atoms with E-state index in [2.05, 4.69) is 26.5 Å². The lowest BCUT2D eigenvalue weighted by Crippen LogP contribution is -2.22. The van der Waals surface area contributed by atoms with Gasteiger partial charge in [0.1, 0.15) is 0 Å². The monoisotopic (exact) mass is 378 g/mol. The summed E-state index contributed by atoms with van der Waals surface area (Å²) in [6.45, 7) is 1.82. The average Bonchev–Trinajstić information content (AvgIpc) is 2.92. The number of hydrogen-bond acceptors (Lipinski definition) is 5. The predicted octanol–water partition coefficient (Wildman–Crippen LogP) is 2.18. The molecule has 1 aromatic heterocycles. The summed E-state index contributed by atoms with van der Waals surface area (Å²) in [4.78, 5) is 12.7. The van der Waals surface area contributed by atoms with Crippen molar-refractivity contribution in [3.05, 3.63) is 20.8 Å². The number of halogens is 1. The van der Waals surface area contributed by atoms with Crippen molar-refractivity contribution in [2.75, 3.05) is 11.5 Å².